The van der Waals surface area contributed by atoms with E-state index in [2.05, 4.69) is 0 Å². The quantitative estimate of drug-likeness (QED) is 0.766. The second-order valence-electron chi connectivity index (χ2n) is 3.96. The molecule has 17 heavy (non-hydrogen) atoms. The number of carbonyl (C=O) groups excluding carboxylic acids is 2. The number of ketones is 2. The number of rotatable bonds is 5. The van der Waals surface area contributed by atoms with E-state index in [-0.39, 0.29) is 11.6 Å². The third-order valence-corrected chi connectivity index (χ3v) is 3.03. The van der Waals surface area contributed by atoms with E-state index in [1.54, 1.807) is 25.1 Å². The predicted molar refractivity (Wildman–Crippen MR) is 69.6 cm³/mol. The van der Waals surface area contributed by atoms with Gasteiger partial charge in [0.1, 0.15) is 11.6 Å². The van der Waals surface area contributed by atoms with Crippen LogP contribution in [-0.4, -0.2) is 11.6 Å². The van der Waals surface area contributed by atoms with Crippen LogP contribution < -0.4 is 0 Å². The molecule has 1 rings (SSSR count). The largest absolute Gasteiger partial charge is 0.299 e. The summed E-state index contributed by atoms with van der Waals surface area (Å²) >= 11 is 11.7. The normalized spacial score (nSPS) is 12.2. The molecule has 0 aromatic heterocycles. The van der Waals surface area contributed by atoms with Crippen LogP contribution in [0.5, 0.6) is 0 Å². The summed E-state index contributed by atoms with van der Waals surface area (Å²) in [5.74, 6) is -0.754. The summed E-state index contributed by atoms with van der Waals surface area (Å²) in [5.41, 5.74) is 0.810. The highest BCUT2D eigenvalue weighted by Crippen LogP contribution is 2.22. The first-order valence-corrected chi connectivity index (χ1v) is 6.17. The molecule has 0 bridgehead atoms. The van der Waals surface area contributed by atoms with Crippen molar-refractivity contribution in [2.45, 2.75) is 26.7 Å². The molecule has 4 heteroatoms. The number of hydrogen-bond donors (Lipinski definition) is 0. The van der Waals surface area contributed by atoms with Gasteiger partial charge in [-0.25, -0.2) is 0 Å². The summed E-state index contributed by atoms with van der Waals surface area (Å²) in [6.07, 6.45) is 0.723. The molecule has 0 N–H and O–H groups in total. The van der Waals surface area contributed by atoms with Gasteiger partial charge < -0.3 is 0 Å². The van der Waals surface area contributed by atoms with Gasteiger partial charge in [-0.3, -0.25) is 9.59 Å². The molecule has 1 aromatic carbocycles. The molecule has 1 unspecified atom stereocenters. The van der Waals surface area contributed by atoms with E-state index in [4.69, 9.17) is 23.2 Å². The minimum atomic E-state index is -0.588. The van der Waals surface area contributed by atoms with Gasteiger partial charge in [-0.15, -0.1) is 0 Å². The first-order chi connectivity index (χ1) is 7.93. The summed E-state index contributed by atoms with van der Waals surface area (Å²) in [6.45, 7) is 3.19. The summed E-state index contributed by atoms with van der Waals surface area (Å²) in [6, 6.07) is 5.08. The highest BCUT2D eigenvalue weighted by atomic mass is 35.5. The number of benzene rings is 1. The number of halogens is 2. The average molecular weight is 273 g/mol. The Morgan fingerprint density at radius 2 is 1.71 bits per heavy atom. The van der Waals surface area contributed by atoms with Crippen molar-refractivity contribution < 1.29 is 9.59 Å². The monoisotopic (exact) mass is 272 g/mol. The second kappa shape index (κ2) is 6.18. The Morgan fingerprint density at radius 3 is 2.12 bits per heavy atom. The number of carbonyl (C=O) groups is 2. The van der Waals surface area contributed by atoms with E-state index in [0.29, 0.717) is 22.9 Å². The van der Waals surface area contributed by atoms with Gasteiger partial charge in [0.15, 0.2) is 0 Å². The Balaban J connectivity index is 2.93. The smallest absolute Gasteiger partial charge is 0.143 e. The van der Waals surface area contributed by atoms with Crippen LogP contribution in [-0.2, 0) is 16.0 Å². The van der Waals surface area contributed by atoms with Crippen LogP contribution in [0.4, 0.5) is 0 Å². The maximum absolute atomic E-state index is 11.6. The molecule has 0 spiro atoms. The summed E-state index contributed by atoms with van der Waals surface area (Å²) in [4.78, 5) is 23.1. The first-order valence-electron chi connectivity index (χ1n) is 5.42. The lowest BCUT2D eigenvalue weighted by Gasteiger charge is -2.12. The van der Waals surface area contributed by atoms with Gasteiger partial charge in [0.25, 0.3) is 0 Å². The molecule has 0 saturated carbocycles. The van der Waals surface area contributed by atoms with Gasteiger partial charge in [-0.1, -0.05) is 30.1 Å². The lowest BCUT2D eigenvalue weighted by atomic mass is 9.91. The molecule has 0 radical (unpaired) electrons. The molecule has 0 heterocycles. The van der Waals surface area contributed by atoms with Crippen LogP contribution >= 0.6 is 23.2 Å². The van der Waals surface area contributed by atoms with Gasteiger partial charge in [0.2, 0.25) is 0 Å². The molecule has 1 aromatic rings. The standard InChI is InChI=1S/C13H14Cl2O2/c1-3-13(17)12(8(2)16)6-9-4-10(14)7-11(15)5-9/h4-5,7,12H,3,6H2,1-2H3. The van der Waals surface area contributed by atoms with Crippen LogP contribution in [0.2, 0.25) is 10.0 Å². The zero-order valence-corrected chi connectivity index (χ0v) is 11.3. The van der Waals surface area contributed by atoms with Gasteiger partial charge in [0, 0.05) is 16.5 Å². The maximum atomic E-state index is 11.6. The van der Waals surface area contributed by atoms with E-state index in [0.717, 1.165) is 5.56 Å². The van der Waals surface area contributed by atoms with Gasteiger partial charge in [-0.2, -0.15) is 0 Å². The Labute approximate surface area is 111 Å². The molecule has 0 saturated heterocycles. The van der Waals surface area contributed by atoms with Crippen molar-refractivity contribution in [3.63, 3.8) is 0 Å². The van der Waals surface area contributed by atoms with Crippen LogP contribution in [0, 0.1) is 5.92 Å². The minimum Gasteiger partial charge on any atom is -0.299 e. The lowest BCUT2D eigenvalue weighted by Crippen LogP contribution is -2.23. The van der Waals surface area contributed by atoms with Gasteiger partial charge in [0.05, 0.1) is 5.92 Å². The molecular formula is C13H14Cl2O2. The summed E-state index contributed by atoms with van der Waals surface area (Å²) < 4.78 is 0. The molecule has 0 aliphatic carbocycles. The van der Waals surface area contributed by atoms with E-state index < -0.39 is 5.92 Å². The summed E-state index contributed by atoms with van der Waals surface area (Å²) in [5, 5.41) is 1.03. The van der Waals surface area contributed by atoms with E-state index in [1.807, 2.05) is 0 Å². The molecule has 0 aliphatic heterocycles. The highest BCUT2D eigenvalue weighted by Gasteiger charge is 2.22. The van der Waals surface area contributed by atoms with Gasteiger partial charge in [-0.05, 0) is 37.1 Å². The van der Waals surface area contributed by atoms with Crippen LogP contribution in [0.15, 0.2) is 18.2 Å². The fourth-order valence-electron chi connectivity index (χ4n) is 1.70. The molecule has 0 fully saturated rings. The van der Waals surface area contributed by atoms with Crippen LogP contribution in [0.25, 0.3) is 0 Å². The predicted octanol–water partition coefficient (Wildman–Crippen LogP) is 3.72. The zero-order chi connectivity index (χ0) is 13.0. The van der Waals surface area contributed by atoms with Gasteiger partial charge >= 0.3 is 0 Å². The van der Waals surface area contributed by atoms with E-state index in [1.165, 1.54) is 6.92 Å². The fraction of sp³-hybridized carbons (Fsp3) is 0.385. The maximum Gasteiger partial charge on any atom is 0.143 e. The highest BCUT2D eigenvalue weighted by molar-refractivity contribution is 6.34. The average Bonchev–Trinajstić information content (AvgIpc) is 2.23. The van der Waals surface area contributed by atoms with Crippen molar-refractivity contribution in [1.82, 2.24) is 0 Å². The Bertz CT molecular complexity index is 421. The Kier molecular flexibility index (Phi) is 5.16. The van der Waals surface area contributed by atoms with E-state index in [9.17, 15) is 9.59 Å². The topological polar surface area (TPSA) is 34.1 Å². The van der Waals surface area contributed by atoms with Crippen molar-refractivity contribution >= 4 is 34.8 Å². The van der Waals surface area contributed by atoms with Crippen molar-refractivity contribution in [2.75, 3.05) is 0 Å². The van der Waals surface area contributed by atoms with Crippen LogP contribution in [0.1, 0.15) is 25.8 Å². The van der Waals surface area contributed by atoms with E-state index >= 15 is 0 Å². The Morgan fingerprint density at radius 1 is 1.18 bits per heavy atom. The molecule has 0 aliphatic rings. The van der Waals surface area contributed by atoms with Crippen molar-refractivity contribution in [3.8, 4) is 0 Å². The minimum absolute atomic E-state index is 0.0476. The lowest BCUT2D eigenvalue weighted by molar-refractivity contribution is -0.131. The van der Waals surface area contributed by atoms with Crippen molar-refractivity contribution in [1.29, 1.82) is 0 Å². The first kappa shape index (κ1) is 14.2. The van der Waals surface area contributed by atoms with Crippen molar-refractivity contribution in [3.05, 3.63) is 33.8 Å². The molecule has 1 atom stereocenters. The zero-order valence-electron chi connectivity index (χ0n) is 9.80. The molecule has 92 valence electrons. The Hall–Kier alpha value is -0.860. The third kappa shape index (κ3) is 4.14. The molecule has 2 nitrogen and oxygen atoms in total. The number of Topliss-reactive ketones (excluding diaryl/α,β-unsaturated/α-hetero) is 2. The van der Waals surface area contributed by atoms with Crippen LogP contribution in [0.3, 0.4) is 0 Å². The SMILES string of the molecule is CCC(=O)C(Cc1cc(Cl)cc(Cl)c1)C(C)=O. The second-order valence-corrected chi connectivity index (χ2v) is 4.84. The number of hydrogen-bond acceptors (Lipinski definition) is 2. The third-order valence-electron chi connectivity index (χ3n) is 2.59. The molecular weight excluding hydrogens is 259 g/mol. The fourth-order valence-corrected chi connectivity index (χ4v) is 2.27. The van der Waals surface area contributed by atoms with Crippen molar-refractivity contribution in [2.24, 2.45) is 5.92 Å². The summed E-state index contributed by atoms with van der Waals surface area (Å²) in [7, 11) is 0. The molecule has 0 amide bonds.